The highest BCUT2D eigenvalue weighted by atomic mass is 32.4. The molecule has 2 heteroatoms. The lowest BCUT2D eigenvalue weighted by atomic mass is 10.2. The molecule has 0 heterocycles. The van der Waals surface area contributed by atoms with Crippen LogP contribution < -0.4 is 0 Å². The van der Waals surface area contributed by atoms with E-state index in [4.69, 9.17) is 11.8 Å². The third kappa shape index (κ3) is 2.24. The summed E-state index contributed by atoms with van der Waals surface area (Å²) in [6, 6.07) is 8.56. The van der Waals surface area contributed by atoms with E-state index in [0.29, 0.717) is 0 Å². The smallest absolute Gasteiger partial charge is 0.00329 e. The molecule has 0 spiro atoms. The maximum atomic E-state index is 4.96. The van der Waals surface area contributed by atoms with Gasteiger partial charge in [0.25, 0.3) is 0 Å². The average Bonchev–Trinajstić information content (AvgIpc) is 1.88. The van der Waals surface area contributed by atoms with Gasteiger partial charge in [0.2, 0.25) is 0 Å². The molecule has 0 radical (unpaired) electrons. The maximum absolute atomic E-state index is 4.96. The van der Waals surface area contributed by atoms with Gasteiger partial charge in [0, 0.05) is 0 Å². The summed E-state index contributed by atoms with van der Waals surface area (Å²) < 4.78 is 0. The minimum atomic E-state index is 0.199. The van der Waals surface area contributed by atoms with E-state index in [2.05, 4.69) is 31.2 Å². The van der Waals surface area contributed by atoms with Crippen molar-refractivity contribution in [3.63, 3.8) is 0 Å². The molecule has 0 aliphatic carbocycles. The van der Waals surface area contributed by atoms with Crippen molar-refractivity contribution < 1.29 is 0 Å². The summed E-state index contributed by atoms with van der Waals surface area (Å²) in [6.45, 7) is 2.11. The van der Waals surface area contributed by atoms with E-state index < -0.39 is 0 Å². The fraction of sp³-hybridized carbons (Fsp3) is 0.250. The molecule has 1 unspecified atom stereocenters. The Morgan fingerprint density at radius 1 is 1.50 bits per heavy atom. The third-order valence-electron chi connectivity index (χ3n) is 1.40. The normalized spacial score (nSPS) is 10.9. The van der Waals surface area contributed by atoms with Gasteiger partial charge < -0.3 is 0 Å². The molecule has 0 fully saturated rings. The molecule has 0 saturated heterocycles. The molecule has 0 saturated carbocycles. The highest BCUT2D eigenvalue weighted by Gasteiger charge is 1.87. The summed E-state index contributed by atoms with van der Waals surface area (Å²) in [5.41, 5.74) is 2.73. The van der Waals surface area contributed by atoms with Crippen LogP contribution in [0.2, 0.25) is 0 Å². The summed E-state index contributed by atoms with van der Waals surface area (Å²) in [6.07, 6.45) is 1.11. The van der Waals surface area contributed by atoms with Gasteiger partial charge in [-0.3, -0.25) is 0 Å². The van der Waals surface area contributed by atoms with Gasteiger partial charge >= 0.3 is 0 Å². The van der Waals surface area contributed by atoms with Gasteiger partial charge in [0.1, 0.15) is 0 Å². The molecule has 1 aromatic carbocycles. The monoisotopic (exact) mass is 170 g/mol. The average molecular weight is 170 g/mol. The highest BCUT2D eigenvalue weighted by Crippen LogP contribution is 2.10. The Morgan fingerprint density at radius 2 is 2.30 bits per heavy atom. The number of aryl methyl sites for hydroxylation is 1. The van der Waals surface area contributed by atoms with Gasteiger partial charge in [-0.15, -0.1) is 11.8 Å². The zero-order valence-corrected chi connectivity index (χ0v) is 7.97. The highest BCUT2D eigenvalue weighted by molar-refractivity contribution is 7.96. The van der Waals surface area contributed by atoms with Crippen LogP contribution in [0.15, 0.2) is 24.3 Å². The first kappa shape index (κ1) is 7.97. The van der Waals surface area contributed by atoms with Gasteiger partial charge in [0.05, 0.1) is 0 Å². The molecule has 0 amide bonds. The van der Waals surface area contributed by atoms with E-state index in [-0.39, 0.29) is 7.36 Å². The Labute approximate surface area is 68.1 Å². The van der Waals surface area contributed by atoms with E-state index in [0.717, 1.165) is 6.16 Å². The minimum Gasteiger partial charge on any atom is -0.104 e. The zero-order chi connectivity index (χ0) is 7.40. The van der Waals surface area contributed by atoms with E-state index in [9.17, 15) is 0 Å². The van der Waals surface area contributed by atoms with Gasteiger partial charge in [-0.05, 0) is 18.6 Å². The molecular weight excluding hydrogens is 159 g/mol. The quantitative estimate of drug-likeness (QED) is 0.614. The standard InChI is InChI=1S/C8H11PS/c1-7-3-2-4-8(5-7)6-9-10/h2-5H,6,9H2,1H3. The molecule has 0 aliphatic rings. The van der Waals surface area contributed by atoms with Gasteiger partial charge in [-0.2, -0.15) is 0 Å². The van der Waals surface area contributed by atoms with E-state index >= 15 is 0 Å². The lowest BCUT2D eigenvalue weighted by molar-refractivity contribution is 1.36. The lowest BCUT2D eigenvalue weighted by Gasteiger charge is -1.95. The predicted octanol–water partition coefficient (Wildman–Crippen LogP) is 2.37. The van der Waals surface area contributed by atoms with E-state index in [1.54, 1.807) is 0 Å². The van der Waals surface area contributed by atoms with Crippen LogP contribution in [-0.4, -0.2) is 0 Å². The van der Waals surface area contributed by atoms with Crippen LogP contribution in [0.4, 0.5) is 0 Å². The van der Waals surface area contributed by atoms with Crippen LogP contribution >= 0.6 is 7.36 Å². The molecule has 0 nitrogen and oxygen atoms in total. The topological polar surface area (TPSA) is 0 Å². The molecule has 1 rings (SSSR count). The van der Waals surface area contributed by atoms with Crippen molar-refractivity contribution in [1.82, 2.24) is 0 Å². The molecule has 10 heavy (non-hydrogen) atoms. The minimum absolute atomic E-state index is 0.199. The van der Waals surface area contributed by atoms with Crippen LogP contribution in [0, 0.1) is 6.92 Å². The SMILES string of the molecule is Cc1cccc(C[PH2]=S)c1. The van der Waals surface area contributed by atoms with Crippen LogP contribution in [0.1, 0.15) is 11.1 Å². The Kier molecular flexibility index (Phi) is 3.11. The second-order valence-electron chi connectivity index (χ2n) is 2.36. The van der Waals surface area contributed by atoms with Crippen LogP contribution in [0.3, 0.4) is 0 Å². The summed E-state index contributed by atoms with van der Waals surface area (Å²) in [7, 11) is 0.199. The second-order valence-corrected chi connectivity index (χ2v) is 4.10. The fourth-order valence-corrected chi connectivity index (χ4v) is 1.96. The van der Waals surface area contributed by atoms with Crippen LogP contribution in [0.5, 0.6) is 0 Å². The molecule has 0 bridgehead atoms. The largest absolute Gasteiger partial charge is 0.104 e. The Balaban J connectivity index is 2.84. The fourth-order valence-electron chi connectivity index (χ4n) is 0.935. The van der Waals surface area contributed by atoms with Gasteiger partial charge in [-0.1, -0.05) is 37.2 Å². The Hall–Kier alpha value is -0.130. The van der Waals surface area contributed by atoms with Gasteiger partial charge in [-0.25, -0.2) is 0 Å². The number of hydrogen-bond acceptors (Lipinski definition) is 1. The number of rotatable bonds is 2. The van der Waals surface area contributed by atoms with Crippen molar-refractivity contribution in [1.29, 1.82) is 0 Å². The Bertz CT molecular complexity index is 232. The first-order valence-corrected chi connectivity index (χ1v) is 6.02. The van der Waals surface area contributed by atoms with Crippen molar-refractivity contribution >= 4 is 19.2 Å². The summed E-state index contributed by atoms with van der Waals surface area (Å²) in [4.78, 5) is 0. The molecule has 1 aromatic rings. The molecule has 0 N–H and O–H groups in total. The van der Waals surface area contributed by atoms with E-state index in [1.165, 1.54) is 11.1 Å². The Morgan fingerprint density at radius 3 is 2.90 bits per heavy atom. The number of benzene rings is 1. The first-order valence-electron chi connectivity index (χ1n) is 3.32. The summed E-state index contributed by atoms with van der Waals surface area (Å²) in [5, 5.41) is 0. The predicted molar refractivity (Wildman–Crippen MR) is 52.0 cm³/mol. The summed E-state index contributed by atoms with van der Waals surface area (Å²) >= 11 is 4.96. The van der Waals surface area contributed by atoms with Crippen LogP contribution in [-0.2, 0) is 18.0 Å². The third-order valence-corrected chi connectivity index (χ3v) is 2.54. The van der Waals surface area contributed by atoms with Crippen LogP contribution in [0.25, 0.3) is 0 Å². The molecule has 1 atom stereocenters. The lowest BCUT2D eigenvalue weighted by Crippen LogP contribution is -1.77. The molecule has 54 valence electrons. The zero-order valence-electron chi connectivity index (χ0n) is 6.00. The number of hydrogen-bond donors (Lipinski definition) is 0. The van der Waals surface area contributed by atoms with Crippen molar-refractivity contribution in [2.24, 2.45) is 0 Å². The molecule has 0 aromatic heterocycles. The van der Waals surface area contributed by atoms with Gasteiger partial charge in [0.15, 0.2) is 0 Å². The molecule has 0 aliphatic heterocycles. The van der Waals surface area contributed by atoms with Crippen molar-refractivity contribution in [2.75, 3.05) is 0 Å². The van der Waals surface area contributed by atoms with E-state index in [1.807, 2.05) is 0 Å². The maximum Gasteiger partial charge on any atom is -0.00329 e. The molecular formula is C8H11PS. The van der Waals surface area contributed by atoms with Crippen molar-refractivity contribution in [3.05, 3.63) is 35.4 Å². The first-order chi connectivity index (χ1) is 4.83. The van der Waals surface area contributed by atoms with Crippen molar-refractivity contribution in [3.8, 4) is 0 Å². The summed E-state index contributed by atoms with van der Waals surface area (Å²) in [5.74, 6) is 0. The second kappa shape index (κ2) is 3.90. The van der Waals surface area contributed by atoms with Crippen molar-refractivity contribution in [2.45, 2.75) is 13.1 Å².